The number of hydrogen-bond donors (Lipinski definition) is 5. The molecule has 0 aliphatic carbocycles. The van der Waals surface area contributed by atoms with Gasteiger partial charge in [0.2, 0.25) is 0 Å². The van der Waals surface area contributed by atoms with Gasteiger partial charge in [0.15, 0.2) is 0 Å². The van der Waals surface area contributed by atoms with Crippen molar-refractivity contribution in [3.63, 3.8) is 0 Å². The third-order valence-electron chi connectivity index (χ3n) is 13.4. The van der Waals surface area contributed by atoms with Gasteiger partial charge in [-0.1, -0.05) is 107 Å². The molecule has 5 heterocycles. The molecule has 0 unspecified atom stereocenters. The third-order valence-corrected chi connectivity index (χ3v) is 14.5. The van der Waals surface area contributed by atoms with Gasteiger partial charge in [0.25, 0.3) is 17.0 Å². The summed E-state index contributed by atoms with van der Waals surface area (Å²) in [6, 6.07) is 27.3. The highest BCUT2D eigenvalue weighted by Crippen LogP contribution is 2.34. The molecule has 1 aliphatic rings. The second kappa shape index (κ2) is 30.2. The van der Waals surface area contributed by atoms with Crippen molar-refractivity contribution in [3.05, 3.63) is 180 Å². The number of nitrogens with zero attached hydrogens (tertiary/aromatic N) is 7. The van der Waals surface area contributed by atoms with Gasteiger partial charge in [0, 0.05) is 74.1 Å². The van der Waals surface area contributed by atoms with Crippen LogP contribution in [0.15, 0.2) is 138 Å². The van der Waals surface area contributed by atoms with Crippen LogP contribution in [-0.4, -0.2) is 97.5 Å². The minimum absolute atomic E-state index is 0.0110. The second-order valence-corrected chi connectivity index (χ2v) is 21.1. The van der Waals surface area contributed by atoms with Gasteiger partial charge in [-0.05, 0) is 123 Å². The van der Waals surface area contributed by atoms with Crippen molar-refractivity contribution in [2.24, 2.45) is 0 Å². The summed E-state index contributed by atoms with van der Waals surface area (Å²) in [7, 11) is 0. The minimum atomic E-state index is -4.98. The number of aryl methyl sites for hydroxylation is 3. The molecule has 4 aromatic heterocycles. The van der Waals surface area contributed by atoms with Crippen LogP contribution >= 0.6 is 46.4 Å². The number of carbonyl (C=O) groups is 4. The van der Waals surface area contributed by atoms with E-state index in [4.69, 9.17) is 51.1 Å². The lowest BCUT2D eigenvalue weighted by Gasteiger charge is -2.16. The predicted molar refractivity (Wildman–Crippen MR) is 334 cm³/mol. The van der Waals surface area contributed by atoms with E-state index in [1.165, 1.54) is 53.7 Å². The molecule has 0 radical (unpaired) electrons. The van der Waals surface area contributed by atoms with Gasteiger partial charge in [-0.15, -0.1) is 13.2 Å². The van der Waals surface area contributed by atoms with E-state index in [0.717, 1.165) is 58.9 Å². The van der Waals surface area contributed by atoms with Crippen molar-refractivity contribution in [1.82, 2.24) is 39.7 Å². The maximum Gasteiger partial charge on any atom is 0.573 e. The van der Waals surface area contributed by atoms with Gasteiger partial charge in [0.05, 0.1) is 49.5 Å². The summed E-state index contributed by atoms with van der Waals surface area (Å²) in [5, 5.41) is 22.3. The lowest BCUT2D eigenvalue weighted by molar-refractivity contribution is -0.274. The van der Waals surface area contributed by atoms with Crippen LogP contribution in [0.2, 0.25) is 20.1 Å². The standard InChI is InChI=1S/C32H30Cl2F3N7O4.C29H27Cl2N5O4/c1-2-44-30(46)27(40-31(47)41-28-24(33)17-38-18-25(28)34)16-26(42-44)20-7-5-6-19(12-20)21-13-22(15-23(14-21)48-32(35,36)37)29(45)39-8-11-43-9-3-4-10-43;1-3-36-28(38)25(33-29(39)34-27-22(30)16-32-17-23(27)31)15-24(35-36)21-10-6-9-20(14-21)19-8-5-7-18(13-19)11-12-26(37)40-4-2/h5-7,12-18H,2-4,8-11H2,1H3,(H,39,45)(H2,38,40,41,47);5-10,13-17H,3-4,11-12H2,1-2H3,(H2,32,33,34,39). The van der Waals surface area contributed by atoms with E-state index in [2.05, 4.69) is 56.4 Å². The summed E-state index contributed by atoms with van der Waals surface area (Å²) in [4.78, 5) is 86.2. The Kier molecular flexibility index (Phi) is 22.3. The first-order chi connectivity index (χ1) is 42.2. The van der Waals surface area contributed by atoms with Gasteiger partial charge < -0.3 is 41.0 Å². The van der Waals surface area contributed by atoms with Crippen LogP contribution in [0.4, 0.5) is 45.5 Å². The molecule has 9 rings (SSSR count). The fourth-order valence-electron chi connectivity index (χ4n) is 9.20. The quantitative estimate of drug-likeness (QED) is 0.0474. The Morgan fingerprint density at radius 3 is 1.56 bits per heavy atom. The van der Waals surface area contributed by atoms with Crippen molar-refractivity contribution in [3.8, 4) is 50.5 Å². The van der Waals surface area contributed by atoms with E-state index in [9.17, 15) is 41.9 Å². The summed E-state index contributed by atoms with van der Waals surface area (Å²) in [6.07, 6.45) is 3.36. The molecule has 0 spiro atoms. The number of aromatic nitrogens is 6. The number of nitrogens with one attached hydrogen (secondary N) is 5. The van der Waals surface area contributed by atoms with Crippen molar-refractivity contribution >= 4 is 93.1 Å². The number of anilines is 4. The molecule has 5 amide bonds. The molecule has 20 nitrogen and oxygen atoms in total. The summed E-state index contributed by atoms with van der Waals surface area (Å²) >= 11 is 24.4. The number of pyridine rings is 2. The number of ether oxygens (including phenoxy) is 2. The average Bonchev–Trinajstić information content (AvgIpc) is 4.11. The highest BCUT2D eigenvalue weighted by atomic mass is 35.5. The van der Waals surface area contributed by atoms with Crippen LogP contribution in [0.5, 0.6) is 5.75 Å². The maximum absolute atomic E-state index is 13.2. The van der Waals surface area contributed by atoms with Gasteiger partial charge >= 0.3 is 24.4 Å². The van der Waals surface area contributed by atoms with E-state index in [-0.39, 0.29) is 72.2 Å². The Bertz CT molecular complexity index is 3960. The zero-order chi connectivity index (χ0) is 63.1. The second-order valence-electron chi connectivity index (χ2n) is 19.5. The Morgan fingerprint density at radius 1 is 0.591 bits per heavy atom. The fourth-order valence-corrected chi connectivity index (χ4v) is 10.1. The smallest absolute Gasteiger partial charge is 0.466 e. The van der Waals surface area contributed by atoms with Gasteiger partial charge in [-0.2, -0.15) is 10.2 Å². The monoisotopic (exact) mass is 1280 g/mol. The topological polar surface area (TPSA) is 246 Å². The normalized spacial score (nSPS) is 12.1. The highest BCUT2D eigenvalue weighted by molar-refractivity contribution is 6.40. The summed E-state index contributed by atoms with van der Waals surface area (Å²) < 4.78 is 51.4. The lowest BCUT2D eigenvalue weighted by Crippen LogP contribution is -2.33. The molecular formula is C61H57Cl4F3N12O8. The third kappa shape index (κ3) is 17.7. The molecule has 1 aliphatic heterocycles. The minimum Gasteiger partial charge on any atom is -0.466 e. The number of amides is 5. The molecule has 1 saturated heterocycles. The van der Waals surface area contributed by atoms with Crippen molar-refractivity contribution in [1.29, 1.82) is 0 Å². The average molecular weight is 1290 g/mol. The lowest BCUT2D eigenvalue weighted by atomic mass is 9.98. The molecular weight excluding hydrogens is 1230 g/mol. The maximum atomic E-state index is 13.2. The molecule has 0 bridgehead atoms. The molecule has 458 valence electrons. The first-order valence-corrected chi connectivity index (χ1v) is 29.1. The largest absolute Gasteiger partial charge is 0.573 e. The molecule has 27 heteroatoms. The van der Waals surface area contributed by atoms with Crippen LogP contribution < -0.4 is 42.4 Å². The molecule has 8 aromatic rings. The van der Waals surface area contributed by atoms with E-state index in [0.29, 0.717) is 55.9 Å². The zero-order valence-electron chi connectivity index (χ0n) is 47.4. The van der Waals surface area contributed by atoms with Crippen LogP contribution in [-0.2, 0) is 29.0 Å². The molecule has 1 fully saturated rings. The van der Waals surface area contributed by atoms with Crippen LogP contribution in [0.25, 0.3) is 44.8 Å². The van der Waals surface area contributed by atoms with Crippen molar-refractivity contribution in [2.75, 3.05) is 54.1 Å². The number of esters is 1. The molecule has 0 saturated carbocycles. The Morgan fingerprint density at radius 2 is 1.07 bits per heavy atom. The molecule has 5 N–H and O–H groups in total. The van der Waals surface area contributed by atoms with E-state index >= 15 is 0 Å². The number of carbonyl (C=O) groups excluding carboxylic acids is 4. The van der Waals surface area contributed by atoms with Gasteiger partial charge in [-0.25, -0.2) is 19.0 Å². The molecule has 4 aromatic carbocycles. The number of rotatable bonds is 19. The van der Waals surface area contributed by atoms with E-state index in [1.54, 1.807) is 45.0 Å². The summed E-state index contributed by atoms with van der Waals surface area (Å²) in [5.41, 5.74) is 4.77. The van der Waals surface area contributed by atoms with Crippen molar-refractivity contribution in [2.45, 2.75) is 65.9 Å². The predicted octanol–water partition coefficient (Wildman–Crippen LogP) is 13.1. The van der Waals surface area contributed by atoms with E-state index in [1.807, 2.05) is 48.5 Å². The Labute approximate surface area is 522 Å². The molecule has 0 atom stereocenters. The zero-order valence-corrected chi connectivity index (χ0v) is 50.5. The number of hydrogen-bond acceptors (Lipinski definition) is 13. The SMILES string of the molecule is CCOC(=O)CCc1cccc(-c2cccc(-c3cc(NC(=O)Nc4c(Cl)cncc4Cl)c(=O)n(CC)n3)c2)c1.CCn1nc(-c2cccc(-c3cc(OC(F)(F)F)cc(C(=O)NCCN4CCCC4)c3)c2)cc(NC(=O)Nc2c(Cl)cncc2Cl)c1=O. The number of alkyl halides is 3. The fraction of sp³-hybridized carbons (Fsp3) is 0.246. The van der Waals surface area contributed by atoms with Gasteiger partial charge in [0.1, 0.15) is 17.1 Å². The van der Waals surface area contributed by atoms with E-state index < -0.39 is 41.2 Å². The van der Waals surface area contributed by atoms with Crippen LogP contribution in [0, 0.1) is 0 Å². The first kappa shape index (κ1) is 65.1. The number of halogens is 7. The number of urea groups is 2. The van der Waals surface area contributed by atoms with Crippen LogP contribution in [0.1, 0.15) is 56.0 Å². The molecule has 88 heavy (non-hydrogen) atoms. The Hall–Kier alpha value is -8.87. The summed E-state index contributed by atoms with van der Waals surface area (Å²) in [6.45, 7) is 8.95. The number of likely N-dealkylation sites (tertiary alicyclic amines) is 1. The highest BCUT2D eigenvalue weighted by Gasteiger charge is 2.32. The van der Waals surface area contributed by atoms with Crippen LogP contribution in [0.3, 0.4) is 0 Å². The first-order valence-electron chi connectivity index (χ1n) is 27.5. The Balaban J connectivity index is 0.000000232. The summed E-state index contributed by atoms with van der Waals surface area (Å²) in [5.74, 6) is -1.32. The van der Waals surface area contributed by atoms with Crippen molar-refractivity contribution < 1.29 is 41.8 Å². The number of benzene rings is 4. The van der Waals surface area contributed by atoms with Gasteiger partial charge in [-0.3, -0.25) is 29.1 Å².